The number of amides is 1. The van der Waals surface area contributed by atoms with Crippen LogP contribution in [-0.4, -0.2) is 15.8 Å². The maximum Gasteiger partial charge on any atom is 0.269 e. The third kappa shape index (κ3) is 3.49. The quantitative estimate of drug-likeness (QED) is 0.592. The van der Waals surface area contributed by atoms with Crippen LogP contribution in [0, 0.1) is 10.1 Å². The Bertz CT molecular complexity index is 876. The highest BCUT2D eigenvalue weighted by atomic mass is 16.6. The number of carbonyl (C=O) groups is 1. The van der Waals surface area contributed by atoms with Gasteiger partial charge in [0.05, 0.1) is 28.7 Å². The molecule has 0 aliphatic heterocycles. The summed E-state index contributed by atoms with van der Waals surface area (Å²) in [5.74, 6) is -0.198. The SMILES string of the molecule is O=C(Cc1ccc([N+](=O)[O-])cc1)Nc1cnc2ccccc2c1. The number of non-ortho nitro benzene ring substituents is 1. The molecule has 0 fully saturated rings. The van der Waals surface area contributed by atoms with Gasteiger partial charge in [0.15, 0.2) is 0 Å². The lowest BCUT2D eigenvalue weighted by Crippen LogP contribution is -2.14. The highest BCUT2D eigenvalue weighted by Gasteiger charge is 2.08. The van der Waals surface area contributed by atoms with E-state index < -0.39 is 4.92 Å². The summed E-state index contributed by atoms with van der Waals surface area (Å²) in [5, 5.41) is 14.3. The summed E-state index contributed by atoms with van der Waals surface area (Å²) in [6, 6.07) is 15.4. The van der Waals surface area contributed by atoms with Gasteiger partial charge in [-0.3, -0.25) is 19.9 Å². The number of nitrogens with one attached hydrogen (secondary N) is 1. The molecule has 3 rings (SSSR count). The molecule has 0 aliphatic rings. The molecule has 1 amide bonds. The van der Waals surface area contributed by atoms with Crippen molar-refractivity contribution in [3.8, 4) is 0 Å². The van der Waals surface area contributed by atoms with Gasteiger partial charge in [0.25, 0.3) is 5.69 Å². The molecule has 6 heteroatoms. The predicted molar refractivity (Wildman–Crippen MR) is 87.2 cm³/mol. The maximum atomic E-state index is 12.1. The minimum absolute atomic E-state index is 0.00730. The number of nitro groups is 1. The first kappa shape index (κ1) is 14.6. The van der Waals surface area contributed by atoms with Crippen LogP contribution in [0.15, 0.2) is 60.8 Å². The Balaban J connectivity index is 1.69. The molecule has 1 aromatic heterocycles. The number of nitro benzene ring substituents is 1. The van der Waals surface area contributed by atoms with Crippen molar-refractivity contribution in [3.05, 3.63) is 76.5 Å². The zero-order valence-electron chi connectivity index (χ0n) is 12.1. The minimum atomic E-state index is -0.468. The fourth-order valence-corrected chi connectivity index (χ4v) is 2.27. The molecule has 3 aromatic rings. The molecular formula is C17H13N3O3. The van der Waals surface area contributed by atoms with E-state index in [0.29, 0.717) is 11.3 Å². The lowest BCUT2D eigenvalue weighted by molar-refractivity contribution is -0.384. The van der Waals surface area contributed by atoms with Crippen molar-refractivity contribution >= 4 is 28.2 Å². The summed E-state index contributed by atoms with van der Waals surface area (Å²) >= 11 is 0. The summed E-state index contributed by atoms with van der Waals surface area (Å²) in [6.45, 7) is 0. The van der Waals surface area contributed by atoms with Crippen LogP contribution < -0.4 is 5.32 Å². The number of nitrogens with zero attached hydrogens (tertiary/aromatic N) is 2. The largest absolute Gasteiger partial charge is 0.324 e. The molecule has 6 nitrogen and oxygen atoms in total. The summed E-state index contributed by atoms with van der Waals surface area (Å²) in [4.78, 5) is 26.5. The Morgan fingerprint density at radius 3 is 2.61 bits per heavy atom. The smallest absolute Gasteiger partial charge is 0.269 e. The molecule has 1 N–H and O–H groups in total. The van der Waals surface area contributed by atoms with Gasteiger partial charge in [-0.05, 0) is 17.7 Å². The molecule has 0 bridgehead atoms. The van der Waals surface area contributed by atoms with Crippen LogP contribution in [-0.2, 0) is 11.2 Å². The van der Waals surface area contributed by atoms with Gasteiger partial charge < -0.3 is 5.32 Å². The minimum Gasteiger partial charge on any atom is -0.324 e. The Morgan fingerprint density at radius 1 is 1.13 bits per heavy atom. The van der Waals surface area contributed by atoms with Gasteiger partial charge >= 0.3 is 0 Å². The first-order valence-electron chi connectivity index (χ1n) is 7.00. The molecule has 0 saturated carbocycles. The molecule has 0 unspecified atom stereocenters. The van der Waals surface area contributed by atoms with Crippen molar-refractivity contribution in [1.82, 2.24) is 4.98 Å². The van der Waals surface area contributed by atoms with E-state index >= 15 is 0 Å². The topological polar surface area (TPSA) is 85.1 Å². The van der Waals surface area contributed by atoms with Crippen LogP contribution in [0.4, 0.5) is 11.4 Å². The number of hydrogen-bond acceptors (Lipinski definition) is 4. The number of carbonyl (C=O) groups excluding carboxylic acids is 1. The highest BCUT2D eigenvalue weighted by molar-refractivity contribution is 5.94. The molecular weight excluding hydrogens is 294 g/mol. The molecule has 0 aliphatic carbocycles. The van der Waals surface area contributed by atoms with E-state index in [1.165, 1.54) is 12.1 Å². The van der Waals surface area contributed by atoms with Crippen molar-refractivity contribution in [2.45, 2.75) is 6.42 Å². The van der Waals surface area contributed by atoms with E-state index in [1.54, 1.807) is 18.3 Å². The van der Waals surface area contributed by atoms with E-state index in [9.17, 15) is 14.9 Å². The number of aromatic nitrogens is 1. The Kier molecular flexibility index (Phi) is 3.97. The van der Waals surface area contributed by atoms with Gasteiger partial charge in [0.2, 0.25) is 5.91 Å². The number of benzene rings is 2. The van der Waals surface area contributed by atoms with Gasteiger partial charge in [0, 0.05) is 17.5 Å². The monoisotopic (exact) mass is 307 g/mol. The van der Waals surface area contributed by atoms with Crippen LogP contribution in [0.3, 0.4) is 0 Å². The maximum absolute atomic E-state index is 12.1. The van der Waals surface area contributed by atoms with Crippen molar-refractivity contribution in [2.75, 3.05) is 5.32 Å². The molecule has 0 spiro atoms. The molecule has 0 atom stereocenters. The van der Waals surface area contributed by atoms with Gasteiger partial charge in [-0.25, -0.2) is 0 Å². The average Bonchev–Trinajstić information content (AvgIpc) is 2.55. The number of anilines is 1. The number of rotatable bonds is 4. The lowest BCUT2D eigenvalue weighted by atomic mass is 10.1. The van der Waals surface area contributed by atoms with Gasteiger partial charge in [-0.15, -0.1) is 0 Å². The van der Waals surface area contributed by atoms with E-state index in [2.05, 4.69) is 10.3 Å². The van der Waals surface area contributed by atoms with Gasteiger partial charge in [-0.2, -0.15) is 0 Å². The molecule has 23 heavy (non-hydrogen) atoms. The van der Waals surface area contributed by atoms with Crippen molar-refractivity contribution in [2.24, 2.45) is 0 Å². The van der Waals surface area contributed by atoms with Crippen LogP contribution in [0.2, 0.25) is 0 Å². The molecule has 2 aromatic carbocycles. The summed E-state index contributed by atoms with van der Waals surface area (Å²) in [6.07, 6.45) is 1.75. The van der Waals surface area contributed by atoms with E-state index in [0.717, 1.165) is 10.9 Å². The first-order valence-corrected chi connectivity index (χ1v) is 7.00. The van der Waals surface area contributed by atoms with Crippen LogP contribution in [0.1, 0.15) is 5.56 Å². The summed E-state index contributed by atoms with van der Waals surface area (Å²) in [5.41, 5.74) is 2.20. The van der Waals surface area contributed by atoms with Gasteiger partial charge in [0.1, 0.15) is 0 Å². The van der Waals surface area contributed by atoms with E-state index in [1.807, 2.05) is 30.3 Å². The number of hydrogen-bond donors (Lipinski definition) is 1. The third-order valence-electron chi connectivity index (χ3n) is 3.39. The summed E-state index contributed by atoms with van der Waals surface area (Å²) in [7, 11) is 0. The second kappa shape index (κ2) is 6.23. The Morgan fingerprint density at radius 2 is 1.87 bits per heavy atom. The van der Waals surface area contributed by atoms with E-state index in [4.69, 9.17) is 0 Å². The lowest BCUT2D eigenvalue weighted by Gasteiger charge is -2.06. The third-order valence-corrected chi connectivity index (χ3v) is 3.39. The molecule has 0 radical (unpaired) electrons. The molecule has 0 saturated heterocycles. The second-order valence-electron chi connectivity index (χ2n) is 5.07. The number of para-hydroxylation sites is 1. The Hall–Kier alpha value is -3.28. The standard InChI is InChI=1S/C17H13N3O3/c21-17(9-12-5-7-15(8-6-12)20(22)23)19-14-10-13-3-1-2-4-16(13)18-11-14/h1-8,10-11H,9H2,(H,19,21). The van der Waals surface area contributed by atoms with Crippen LogP contribution in [0.25, 0.3) is 10.9 Å². The number of pyridine rings is 1. The summed E-state index contributed by atoms with van der Waals surface area (Å²) < 4.78 is 0. The van der Waals surface area contributed by atoms with E-state index in [-0.39, 0.29) is 18.0 Å². The van der Waals surface area contributed by atoms with Gasteiger partial charge in [-0.1, -0.05) is 30.3 Å². The van der Waals surface area contributed by atoms with Crippen molar-refractivity contribution in [1.29, 1.82) is 0 Å². The average molecular weight is 307 g/mol. The first-order chi connectivity index (χ1) is 11.1. The molecule has 114 valence electrons. The van der Waals surface area contributed by atoms with Crippen molar-refractivity contribution < 1.29 is 9.72 Å². The molecule has 1 heterocycles. The highest BCUT2D eigenvalue weighted by Crippen LogP contribution is 2.17. The van der Waals surface area contributed by atoms with Crippen LogP contribution >= 0.6 is 0 Å². The Labute approximate surface area is 131 Å². The normalized spacial score (nSPS) is 10.4. The van der Waals surface area contributed by atoms with Crippen molar-refractivity contribution in [3.63, 3.8) is 0 Å². The van der Waals surface area contributed by atoms with Crippen LogP contribution in [0.5, 0.6) is 0 Å². The fraction of sp³-hybridized carbons (Fsp3) is 0.0588. The zero-order chi connectivity index (χ0) is 16.2. The predicted octanol–water partition coefficient (Wildman–Crippen LogP) is 3.32. The fourth-order valence-electron chi connectivity index (χ4n) is 2.27. The number of fused-ring (bicyclic) bond motifs is 1. The second-order valence-corrected chi connectivity index (χ2v) is 5.07. The zero-order valence-corrected chi connectivity index (χ0v) is 12.1.